The van der Waals surface area contributed by atoms with Gasteiger partial charge in [-0.05, 0) is 38.3 Å². The topological polar surface area (TPSA) is 101 Å². The molecule has 0 aliphatic carbocycles. The van der Waals surface area contributed by atoms with Crippen LogP contribution in [0.3, 0.4) is 0 Å². The Balaban J connectivity index is 1.63. The fraction of sp³-hybridized carbons (Fsp3) is 0.300. The lowest BCUT2D eigenvalue weighted by molar-refractivity contribution is -0.129. The predicted molar refractivity (Wildman–Crippen MR) is 108 cm³/mol. The first-order chi connectivity index (χ1) is 13.4. The van der Waals surface area contributed by atoms with Gasteiger partial charge < -0.3 is 15.0 Å². The molecule has 8 heteroatoms. The third-order valence-corrected chi connectivity index (χ3v) is 5.48. The van der Waals surface area contributed by atoms with E-state index in [9.17, 15) is 14.4 Å². The van der Waals surface area contributed by atoms with Crippen LogP contribution in [0.4, 0.5) is 0 Å². The van der Waals surface area contributed by atoms with Crippen molar-refractivity contribution < 1.29 is 14.3 Å². The lowest BCUT2D eigenvalue weighted by Gasteiger charge is -2.13. The number of benzene rings is 1. The van der Waals surface area contributed by atoms with Gasteiger partial charge in [-0.1, -0.05) is 30.3 Å². The van der Waals surface area contributed by atoms with E-state index in [1.807, 2.05) is 30.3 Å². The number of ether oxygens (including phenoxy) is 1. The molecule has 0 saturated carbocycles. The Bertz CT molecular complexity index is 1070. The van der Waals surface area contributed by atoms with Crippen molar-refractivity contribution in [3.63, 3.8) is 0 Å². The molecular formula is C20H21N3O4S. The van der Waals surface area contributed by atoms with E-state index in [-0.39, 0.29) is 16.3 Å². The van der Waals surface area contributed by atoms with Gasteiger partial charge in [-0.2, -0.15) is 0 Å². The Labute approximate surface area is 165 Å². The molecule has 0 spiro atoms. The summed E-state index contributed by atoms with van der Waals surface area (Å²) in [5.74, 6) is -0.525. The fourth-order valence-electron chi connectivity index (χ4n) is 2.83. The number of nitrogens with one attached hydrogen (secondary N) is 2. The summed E-state index contributed by atoms with van der Waals surface area (Å²) < 4.78 is 5.30. The van der Waals surface area contributed by atoms with Crippen molar-refractivity contribution in [2.75, 3.05) is 6.54 Å². The highest BCUT2D eigenvalue weighted by Crippen LogP contribution is 2.27. The SMILES string of the molecule is Cc1nc2sc(C(=O)O[C@@H](C)C(=O)NCCc3ccccc3)c(C)c2c(=O)[nH]1. The summed E-state index contributed by atoms with van der Waals surface area (Å²) in [6.07, 6.45) is -0.253. The van der Waals surface area contributed by atoms with Crippen LogP contribution in [0, 0.1) is 13.8 Å². The van der Waals surface area contributed by atoms with Crippen molar-refractivity contribution in [2.24, 2.45) is 0 Å². The van der Waals surface area contributed by atoms with Crippen molar-refractivity contribution in [1.29, 1.82) is 0 Å². The number of aromatic amines is 1. The minimum Gasteiger partial charge on any atom is -0.448 e. The Kier molecular flexibility index (Phi) is 5.89. The molecule has 0 radical (unpaired) electrons. The predicted octanol–water partition coefficient (Wildman–Crippen LogP) is 2.51. The second kappa shape index (κ2) is 8.35. The van der Waals surface area contributed by atoms with Crippen LogP contribution in [0.2, 0.25) is 0 Å². The Morgan fingerprint density at radius 3 is 2.68 bits per heavy atom. The molecule has 1 amide bonds. The second-order valence-electron chi connectivity index (χ2n) is 6.46. The van der Waals surface area contributed by atoms with E-state index < -0.39 is 12.1 Å². The number of hydrogen-bond acceptors (Lipinski definition) is 6. The van der Waals surface area contributed by atoms with Gasteiger partial charge in [0.1, 0.15) is 15.5 Å². The van der Waals surface area contributed by atoms with Gasteiger partial charge in [0, 0.05) is 6.54 Å². The van der Waals surface area contributed by atoms with Crippen LogP contribution in [0.1, 0.15) is 33.5 Å². The quantitative estimate of drug-likeness (QED) is 0.620. The maximum atomic E-state index is 12.5. The van der Waals surface area contributed by atoms with E-state index in [0.29, 0.717) is 34.6 Å². The van der Waals surface area contributed by atoms with Crippen LogP contribution in [-0.2, 0) is 16.0 Å². The number of aryl methyl sites for hydroxylation is 2. The van der Waals surface area contributed by atoms with Crippen LogP contribution >= 0.6 is 11.3 Å². The lowest BCUT2D eigenvalue weighted by Crippen LogP contribution is -2.36. The number of rotatable bonds is 6. The van der Waals surface area contributed by atoms with Crippen molar-refractivity contribution >= 4 is 33.4 Å². The van der Waals surface area contributed by atoms with Crippen LogP contribution < -0.4 is 10.9 Å². The molecule has 0 aliphatic heterocycles. The molecule has 0 bridgehead atoms. The number of hydrogen-bond donors (Lipinski definition) is 2. The summed E-state index contributed by atoms with van der Waals surface area (Å²) in [4.78, 5) is 44.5. The van der Waals surface area contributed by atoms with Crippen LogP contribution in [0.5, 0.6) is 0 Å². The highest BCUT2D eigenvalue weighted by Gasteiger charge is 2.24. The molecule has 0 aliphatic rings. The molecule has 3 aromatic rings. The second-order valence-corrected chi connectivity index (χ2v) is 7.46. The standard InChI is InChI=1S/C20H21N3O4S/c1-11-15-18(25)22-13(3)23-19(15)28-16(11)20(26)27-12(2)17(24)21-10-9-14-7-5-4-6-8-14/h4-8,12H,9-10H2,1-3H3,(H,21,24)(H,22,23,25)/t12-/m0/s1. The van der Waals surface area contributed by atoms with Crippen molar-refractivity contribution in [2.45, 2.75) is 33.3 Å². The van der Waals surface area contributed by atoms with Crippen molar-refractivity contribution in [3.05, 3.63) is 62.5 Å². The minimum absolute atomic E-state index is 0.280. The average molecular weight is 399 g/mol. The van der Waals surface area contributed by atoms with E-state index in [1.54, 1.807) is 13.8 Å². The van der Waals surface area contributed by atoms with Gasteiger partial charge >= 0.3 is 5.97 Å². The summed E-state index contributed by atoms with van der Waals surface area (Å²) in [5, 5.41) is 3.14. The van der Waals surface area contributed by atoms with Crippen LogP contribution in [0.25, 0.3) is 10.2 Å². The van der Waals surface area contributed by atoms with E-state index in [0.717, 1.165) is 16.9 Å². The molecule has 0 unspecified atom stereocenters. The summed E-state index contributed by atoms with van der Waals surface area (Å²) in [5.41, 5.74) is 1.33. The highest BCUT2D eigenvalue weighted by molar-refractivity contribution is 7.20. The fourth-order valence-corrected chi connectivity index (χ4v) is 3.94. The monoisotopic (exact) mass is 399 g/mol. The first kappa shape index (κ1) is 19.8. The van der Waals surface area contributed by atoms with Crippen LogP contribution in [-0.4, -0.2) is 34.5 Å². The number of thiophene rings is 1. The smallest absolute Gasteiger partial charge is 0.349 e. The van der Waals surface area contributed by atoms with Crippen molar-refractivity contribution in [3.8, 4) is 0 Å². The maximum absolute atomic E-state index is 12.5. The number of amides is 1. The number of carbonyl (C=O) groups is 2. The van der Waals surface area contributed by atoms with Gasteiger partial charge in [0.25, 0.3) is 11.5 Å². The molecule has 2 aromatic heterocycles. The first-order valence-corrected chi connectivity index (χ1v) is 9.71. The summed E-state index contributed by atoms with van der Waals surface area (Å²) in [6.45, 7) is 5.32. The largest absolute Gasteiger partial charge is 0.448 e. The zero-order valence-electron chi connectivity index (χ0n) is 15.9. The summed E-state index contributed by atoms with van der Waals surface area (Å²) >= 11 is 1.09. The van der Waals surface area contributed by atoms with Gasteiger partial charge in [-0.3, -0.25) is 9.59 Å². The number of aromatic nitrogens is 2. The summed E-state index contributed by atoms with van der Waals surface area (Å²) in [7, 11) is 0. The van der Waals surface area contributed by atoms with Crippen LogP contribution in [0.15, 0.2) is 35.1 Å². The number of H-pyrrole nitrogens is 1. The minimum atomic E-state index is -0.944. The summed E-state index contributed by atoms with van der Waals surface area (Å²) in [6, 6.07) is 9.78. The van der Waals surface area contributed by atoms with Gasteiger partial charge in [0.2, 0.25) is 0 Å². The van der Waals surface area contributed by atoms with E-state index in [4.69, 9.17) is 4.74 Å². The van der Waals surface area contributed by atoms with E-state index >= 15 is 0 Å². The number of esters is 1. The zero-order valence-corrected chi connectivity index (χ0v) is 16.7. The molecular weight excluding hydrogens is 378 g/mol. The molecule has 3 rings (SSSR count). The number of fused-ring (bicyclic) bond motifs is 1. The molecule has 2 N–H and O–H groups in total. The van der Waals surface area contributed by atoms with Crippen molar-refractivity contribution in [1.82, 2.24) is 15.3 Å². The molecule has 1 aromatic carbocycles. The normalized spacial score (nSPS) is 12.0. The molecule has 0 fully saturated rings. The molecule has 1 atom stereocenters. The average Bonchev–Trinajstić information content (AvgIpc) is 2.99. The van der Waals surface area contributed by atoms with Gasteiger partial charge in [0.05, 0.1) is 5.39 Å². The lowest BCUT2D eigenvalue weighted by atomic mass is 10.1. The number of carbonyl (C=O) groups excluding carboxylic acids is 2. The van der Waals surface area contributed by atoms with Gasteiger partial charge in [-0.25, -0.2) is 9.78 Å². The Morgan fingerprint density at radius 2 is 1.96 bits per heavy atom. The third kappa shape index (κ3) is 4.28. The Hall–Kier alpha value is -3.00. The molecule has 2 heterocycles. The Morgan fingerprint density at radius 1 is 1.25 bits per heavy atom. The number of nitrogens with zero attached hydrogens (tertiary/aromatic N) is 1. The third-order valence-electron chi connectivity index (χ3n) is 4.31. The van der Waals surface area contributed by atoms with E-state index in [2.05, 4.69) is 15.3 Å². The highest BCUT2D eigenvalue weighted by atomic mass is 32.1. The van der Waals surface area contributed by atoms with E-state index in [1.165, 1.54) is 6.92 Å². The van der Waals surface area contributed by atoms with Gasteiger partial charge in [0.15, 0.2) is 6.10 Å². The maximum Gasteiger partial charge on any atom is 0.349 e. The molecule has 28 heavy (non-hydrogen) atoms. The zero-order chi connectivity index (χ0) is 20.3. The molecule has 7 nitrogen and oxygen atoms in total. The molecule has 146 valence electrons. The van der Waals surface area contributed by atoms with Gasteiger partial charge in [-0.15, -0.1) is 11.3 Å². The first-order valence-electron chi connectivity index (χ1n) is 8.89. The molecule has 0 saturated heterocycles.